The second kappa shape index (κ2) is 8.82. The number of rotatable bonds is 7. The first kappa shape index (κ1) is 21.8. The van der Waals surface area contributed by atoms with E-state index in [-0.39, 0.29) is 12.1 Å². The molecule has 12 heteroatoms. The van der Waals surface area contributed by atoms with Crippen LogP contribution in [0.4, 0.5) is 13.2 Å². The van der Waals surface area contributed by atoms with Crippen molar-refractivity contribution in [1.29, 1.82) is 0 Å². The Bertz CT molecular complexity index is 1040. The summed E-state index contributed by atoms with van der Waals surface area (Å²) in [6.07, 6.45) is -0.615. The van der Waals surface area contributed by atoms with Gasteiger partial charge < -0.3 is 5.32 Å². The molecule has 0 aliphatic carbocycles. The molecule has 0 saturated carbocycles. The molecule has 0 aromatic carbocycles. The van der Waals surface area contributed by atoms with E-state index in [2.05, 4.69) is 25.7 Å². The zero-order valence-corrected chi connectivity index (χ0v) is 17.0. The number of pyridine rings is 1. The lowest BCUT2D eigenvalue weighted by molar-refractivity contribution is -0.141. The Hall–Kier alpha value is -2.95. The highest BCUT2D eigenvalue weighted by Crippen LogP contribution is 2.34. The molecule has 0 spiro atoms. The predicted octanol–water partition coefficient (Wildman–Crippen LogP) is 3.43. The third kappa shape index (κ3) is 4.45. The van der Waals surface area contributed by atoms with Gasteiger partial charge in [0.1, 0.15) is 5.69 Å². The van der Waals surface area contributed by atoms with Crippen LogP contribution in [0.15, 0.2) is 24.5 Å². The molecule has 3 heterocycles. The third-order valence-electron chi connectivity index (χ3n) is 4.32. The van der Waals surface area contributed by atoms with Gasteiger partial charge in [-0.05, 0) is 19.4 Å². The number of carbonyl (C=O) groups excluding carboxylic acids is 1. The average Bonchev–Trinajstić information content (AvgIpc) is 3.32. The summed E-state index contributed by atoms with van der Waals surface area (Å²) in [5.74, 6) is -0.169. The van der Waals surface area contributed by atoms with Crippen LogP contribution in [-0.4, -0.2) is 35.7 Å². The quantitative estimate of drug-likeness (QED) is 0.606. The van der Waals surface area contributed by atoms with Crippen LogP contribution in [0, 0.1) is 0 Å². The fourth-order valence-electron chi connectivity index (χ4n) is 2.86. The molecule has 160 valence electrons. The first-order chi connectivity index (χ1) is 14.3. The lowest BCUT2D eigenvalue weighted by Gasteiger charge is -2.11. The lowest BCUT2D eigenvalue weighted by atomic mass is 10.2. The number of carbonyl (C=O) groups is 1. The molecule has 0 fully saturated rings. The van der Waals surface area contributed by atoms with Gasteiger partial charge in [0.05, 0.1) is 22.8 Å². The van der Waals surface area contributed by atoms with Crippen molar-refractivity contribution >= 4 is 17.5 Å². The maximum atomic E-state index is 13.0. The molecule has 0 atom stereocenters. The SMILES string of the molecule is CCCc1c(CNC(=O)c2ccnc(C(F)(F)F)c2Cl)nnn1-c1ccn(CC)n1. The summed E-state index contributed by atoms with van der Waals surface area (Å²) in [5.41, 5.74) is -0.362. The first-order valence-corrected chi connectivity index (χ1v) is 9.61. The van der Waals surface area contributed by atoms with Gasteiger partial charge in [-0.1, -0.05) is 30.2 Å². The smallest absolute Gasteiger partial charge is 0.346 e. The normalized spacial score (nSPS) is 11.7. The van der Waals surface area contributed by atoms with Crippen LogP contribution in [0.2, 0.25) is 5.02 Å². The number of hydrogen-bond donors (Lipinski definition) is 1. The topological polar surface area (TPSA) is 90.5 Å². The summed E-state index contributed by atoms with van der Waals surface area (Å²) in [6, 6.07) is 2.93. The monoisotopic (exact) mass is 441 g/mol. The molecular formula is C18H19ClF3N7O. The standard InChI is InChI=1S/C18H19ClF3N7O/c1-3-5-13-12(25-27-29(13)14-7-9-28(4-2)26-14)10-24-17(30)11-6-8-23-16(15(11)19)18(20,21)22/h6-9H,3-5,10H2,1-2H3,(H,24,30). The number of nitrogens with one attached hydrogen (secondary N) is 1. The van der Waals surface area contributed by atoms with Gasteiger partial charge in [-0.2, -0.15) is 23.0 Å². The Morgan fingerprint density at radius 1 is 1.27 bits per heavy atom. The number of aromatic nitrogens is 6. The van der Waals surface area contributed by atoms with Crippen molar-refractivity contribution < 1.29 is 18.0 Å². The number of alkyl halides is 3. The molecule has 3 aromatic rings. The van der Waals surface area contributed by atoms with Gasteiger partial charge >= 0.3 is 6.18 Å². The molecule has 0 unspecified atom stereocenters. The maximum Gasteiger partial charge on any atom is 0.434 e. The van der Waals surface area contributed by atoms with Gasteiger partial charge in [0, 0.05) is 25.0 Å². The zero-order chi connectivity index (χ0) is 21.9. The number of aryl methyl sites for hydroxylation is 1. The second-order valence-corrected chi connectivity index (χ2v) is 6.75. The van der Waals surface area contributed by atoms with E-state index in [0.717, 1.165) is 24.4 Å². The third-order valence-corrected chi connectivity index (χ3v) is 4.70. The van der Waals surface area contributed by atoms with E-state index in [0.29, 0.717) is 24.5 Å². The molecule has 3 aromatic heterocycles. The van der Waals surface area contributed by atoms with Crippen LogP contribution in [0.3, 0.4) is 0 Å². The summed E-state index contributed by atoms with van der Waals surface area (Å²) in [6.45, 7) is 4.62. The van der Waals surface area contributed by atoms with Crippen molar-refractivity contribution in [2.75, 3.05) is 0 Å². The number of hydrogen-bond acceptors (Lipinski definition) is 5. The molecule has 1 N–H and O–H groups in total. The molecule has 0 saturated heterocycles. The van der Waals surface area contributed by atoms with Crippen molar-refractivity contribution in [2.24, 2.45) is 0 Å². The van der Waals surface area contributed by atoms with Gasteiger partial charge in [0.2, 0.25) is 0 Å². The van der Waals surface area contributed by atoms with Crippen molar-refractivity contribution in [3.8, 4) is 5.82 Å². The van der Waals surface area contributed by atoms with Crippen LogP contribution in [0.25, 0.3) is 5.82 Å². The van der Waals surface area contributed by atoms with E-state index in [4.69, 9.17) is 11.6 Å². The highest BCUT2D eigenvalue weighted by Gasteiger charge is 2.36. The van der Waals surface area contributed by atoms with Crippen molar-refractivity contribution in [1.82, 2.24) is 35.1 Å². The van der Waals surface area contributed by atoms with E-state index in [1.807, 2.05) is 20.0 Å². The minimum absolute atomic E-state index is 0.0251. The van der Waals surface area contributed by atoms with Crippen LogP contribution >= 0.6 is 11.6 Å². The van der Waals surface area contributed by atoms with Crippen LogP contribution in [0.1, 0.15) is 47.7 Å². The Morgan fingerprint density at radius 3 is 2.67 bits per heavy atom. The summed E-state index contributed by atoms with van der Waals surface area (Å²) in [7, 11) is 0. The summed E-state index contributed by atoms with van der Waals surface area (Å²) in [4.78, 5) is 15.7. The van der Waals surface area contributed by atoms with E-state index in [1.165, 1.54) is 0 Å². The van der Waals surface area contributed by atoms with Crippen molar-refractivity contribution in [3.05, 3.63) is 52.2 Å². The minimum atomic E-state index is -4.76. The largest absolute Gasteiger partial charge is 0.434 e. The summed E-state index contributed by atoms with van der Waals surface area (Å²) < 4.78 is 42.2. The maximum absolute atomic E-state index is 13.0. The Labute approximate surface area is 175 Å². The van der Waals surface area contributed by atoms with Gasteiger partial charge in [0.15, 0.2) is 11.5 Å². The lowest BCUT2D eigenvalue weighted by Crippen LogP contribution is -2.25. The Morgan fingerprint density at radius 2 is 2.03 bits per heavy atom. The van der Waals surface area contributed by atoms with Crippen molar-refractivity contribution in [2.45, 2.75) is 46.0 Å². The molecular weight excluding hydrogens is 423 g/mol. The fourth-order valence-corrected chi connectivity index (χ4v) is 3.16. The molecule has 0 radical (unpaired) electrons. The first-order valence-electron chi connectivity index (χ1n) is 9.23. The highest BCUT2D eigenvalue weighted by molar-refractivity contribution is 6.34. The Balaban J connectivity index is 1.81. The average molecular weight is 442 g/mol. The molecule has 8 nitrogen and oxygen atoms in total. The fraction of sp³-hybridized carbons (Fsp3) is 0.389. The Kier molecular flexibility index (Phi) is 6.40. The van der Waals surface area contributed by atoms with Crippen LogP contribution in [-0.2, 0) is 25.7 Å². The highest BCUT2D eigenvalue weighted by atomic mass is 35.5. The summed E-state index contributed by atoms with van der Waals surface area (Å²) in [5, 5.41) is 14.4. The van der Waals surface area contributed by atoms with Gasteiger partial charge in [-0.25, -0.2) is 0 Å². The van der Waals surface area contributed by atoms with E-state index < -0.39 is 22.8 Å². The van der Waals surface area contributed by atoms with Gasteiger partial charge in [-0.3, -0.25) is 14.5 Å². The molecule has 1 amide bonds. The predicted molar refractivity (Wildman–Crippen MR) is 102 cm³/mol. The molecule has 0 aliphatic rings. The van der Waals surface area contributed by atoms with Gasteiger partial charge in [0.25, 0.3) is 5.91 Å². The number of halogens is 4. The number of amides is 1. The second-order valence-electron chi connectivity index (χ2n) is 6.38. The van der Waals surface area contributed by atoms with E-state index in [9.17, 15) is 18.0 Å². The van der Waals surface area contributed by atoms with Crippen molar-refractivity contribution in [3.63, 3.8) is 0 Å². The molecule has 3 rings (SSSR count). The summed E-state index contributed by atoms with van der Waals surface area (Å²) >= 11 is 5.77. The minimum Gasteiger partial charge on any atom is -0.346 e. The van der Waals surface area contributed by atoms with E-state index >= 15 is 0 Å². The number of nitrogens with zero attached hydrogens (tertiary/aromatic N) is 6. The van der Waals surface area contributed by atoms with Crippen LogP contribution < -0.4 is 5.32 Å². The zero-order valence-electron chi connectivity index (χ0n) is 16.2. The van der Waals surface area contributed by atoms with Crippen LogP contribution in [0.5, 0.6) is 0 Å². The van der Waals surface area contributed by atoms with Gasteiger partial charge in [-0.15, -0.1) is 5.10 Å². The molecule has 0 bridgehead atoms. The van der Waals surface area contributed by atoms with E-state index in [1.54, 1.807) is 15.4 Å². The molecule has 30 heavy (non-hydrogen) atoms. The molecule has 0 aliphatic heterocycles.